The first kappa shape index (κ1) is 18.5. The van der Waals surface area contributed by atoms with Crippen molar-refractivity contribution in [2.24, 2.45) is 0 Å². The van der Waals surface area contributed by atoms with Crippen LogP contribution in [0.5, 0.6) is 5.75 Å². The molecule has 130 valence electrons. The molecular formula is C21H24N2O2. The minimum absolute atomic E-state index is 0.0910. The van der Waals surface area contributed by atoms with E-state index in [-0.39, 0.29) is 5.91 Å². The van der Waals surface area contributed by atoms with Crippen LogP contribution in [0.4, 0.5) is 0 Å². The summed E-state index contributed by atoms with van der Waals surface area (Å²) >= 11 is 0. The Morgan fingerprint density at radius 1 is 1.12 bits per heavy atom. The number of amides is 1. The number of carbonyl (C=O) groups excluding carboxylic acids is 1. The van der Waals surface area contributed by atoms with Crippen molar-refractivity contribution in [3.63, 3.8) is 0 Å². The van der Waals surface area contributed by atoms with Crippen molar-refractivity contribution in [2.45, 2.75) is 32.8 Å². The summed E-state index contributed by atoms with van der Waals surface area (Å²) in [6.45, 7) is 4.76. The number of benzene rings is 2. The average Bonchev–Trinajstić information content (AvgIpc) is 2.64. The molecule has 25 heavy (non-hydrogen) atoms. The van der Waals surface area contributed by atoms with Crippen molar-refractivity contribution in [1.29, 1.82) is 5.26 Å². The van der Waals surface area contributed by atoms with E-state index in [0.29, 0.717) is 25.3 Å². The largest absolute Gasteiger partial charge is 0.481 e. The van der Waals surface area contributed by atoms with Crippen molar-refractivity contribution in [3.8, 4) is 11.8 Å². The molecule has 1 amide bonds. The van der Waals surface area contributed by atoms with Crippen LogP contribution in [0.3, 0.4) is 0 Å². The van der Waals surface area contributed by atoms with Crippen LogP contribution in [0.2, 0.25) is 0 Å². The Bertz CT molecular complexity index is 705. The molecule has 0 aromatic heterocycles. The quantitative estimate of drug-likeness (QED) is 0.738. The van der Waals surface area contributed by atoms with Crippen molar-refractivity contribution >= 4 is 5.91 Å². The van der Waals surface area contributed by atoms with Crippen molar-refractivity contribution in [3.05, 3.63) is 65.7 Å². The smallest absolute Gasteiger partial charge is 0.263 e. The van der Waals surface area contributed by atoms with E-state index in [0.717, 1.165) is 12.0 Å². The lowest BCUT2D eigenvalue weighted by Crippen LogP contribution is -2.42. The highest BCUT2D eigenvalue weighted by Gasteiger charge is 2.21. The summed E-state index contributed by atoms with van der Waals surface area (Å²) in [5.74, 6) is 0.585. The minimum Gasteiger partial charge on any atom is -0.481 e. The van der Waals surface area contributed by atoms with E-state index in [2.05, 4.69) is 6.07 Å². The van der Waals surface area contributed by atoms with Gasteiger partial charge in [0.15, 0.2) is 6.10 Å². The molecule has 0 aliphatic carbocycles. The number of carbonyl (C=O) groups is 1. The highest BCUT2D eigenvalue weighted by atomic mass is 16.5. The zero-order chi connectivity index (χ0) is 18.1. The molecule has 4 heteroatoms. The monoisotopic (exact) mass is 336 g/mol. The highest BCUT2D eigenvalue weighted by molar-refractivity contribution is 5.81. The molecule has 2 aromatic rings. The fourth-order valence-corrected chi connectivity index (χ4v) is 2.55. The van der Waals surface area contributed by atoms with Gasteiger partial charge in [-0.25, -0.2) is 0 Å². The fraction of sp³-hybridized carbons (Fsp3) is 0.333. The maximum atomic E-state index is 12.7. The number of hydrogen-bond acceptors (Lipinski definition) is 3. The Morgan fingerprint density at radius 3 is 2.44 bits per heavy atom. The summed E-state index contributed by atoms with van der Waals surface area (Å²) in [4.78, 5) is 14.5. The van der Waals surface area contributed by atoms with Crippen LogP contribution in [-0.2, 0) is 11.2 Å². The lowest BCUT2D eigenvalue weighted by atomic mass is 10.1. The van der Waals surface area contributed by atoms with Gasteiger partial charge in [0.2, 0.25) is 0 Å². The molecule has 0 bridgehead atoms. The second kappa shape index (κ2) is 9.48. The number of aryl methyl sites for hydroxylation is 1. The van der Waals surface area contributed by atoms with Crippen LogP contribution >= 0.6 is 0 Å². The summed E-state index contributed by atoms with van der Waals surface area (Å²) in [7, 11) is 0. The lowest BCUT2D eigenvalue weighted by molar-refractivity contribution is -0.137. The molecule has 0 heterocycles. The first-order valence-electron chi connectivity index (χ1n) is 8.53. The molecule has 1 atom stereocenters. The number of ether oxygens (including phenoxy) is 1. The van der Waals surface area contributed by atoms with Gasteiger partial charge in [0, 0.05) is 13.1 Å². The molecule has 0 N–H and O–H groups in total. The van der Waals surface area contributed by atoms with Gasteiger partial charge in [0.25, 0.3) is 5.91 Å². The van der Waals surface area contributed by atoms with E-state index in [1.165, 1.54) is 5.56 Å². The molecule has 0 radical (unpaired) electrons. The van der Waals surface area contributed by atoms with Crippen molar-refractivity contribution in [1.82, 2.24) is 4.90 Å². The van der Waals surface area contributed by atoms with Crippen LogP contribution in [-0.4, -0.2) is 30.0 Å². The number of rotatable bonds is 8. The predicted octanol–water partition coefficient (Wildman–Crippen LogP) is 3.75. The molecule has 0 aliphatic heterocycles. The van der Waals surface area contributed by atoms with Crippen LogP contribution in [0.1, 0.15) is 24.5 Å². The number of nitriles is 1. The molecule has 0 aliphatic rings. The molecule has 0 fully saturated rings. The van der Waals surface area contributed by atoms with E-state index in [4.69, 9.17) is 10.00 Å². The Labute approximate surface area is 149 Å². The fourth-order valence-electron chi connectivity index (χ4n) is 2.55. The summed E-state index contributed by atoms with van der Waals surface area (Å²) in [6, 6.07) is 19.8. The van der Waals surface area contributed by atoms with E-state index in [1.54, 1.807) is 11.8 Å². The number of nitrogens with zero attached hydrogens (tertiary/aromatic N) is 2. The van der Waals surface area contributed by atoms with Crippen LogP contribution < -0.4 is 4.74 Å². The van der Waals surface area contributed by atoms with E-state index in [1.807, 2.05) is 61.5 Å². The summed E-state index contributed by atoms with van der Waals surface area (Å²) < 4.78 is 5.77. The molecule has 0 saturated carbocycles. The van der Waals surface area contributed by atoms with Crippen molar-refractivity contribution < 1.29 is 9.53 Å². The summed E-state index contributed by atoms with van der Waals surface area (Å²) in [5, 5.41) is 8.86. The maximum absolute atomic E-state index is 12.7. The first-order chi connectivity index (χ1) is 12.1. The van der Waals surface area contributed by atoms with Crippen LogP contribution in [0.25, 0.3) is 0 Å². The van der Waals surface area contributed by atoms with Gasteiger partial charge in [-0.2, -0.15) is 5.26 Å². The third kappa shape index (κ3) is 5.96. The highest BCUT2D eigenvalue weighted by Crippen LogP contribution is 2.14. The Hall–Kier alpha value is -2.80. The van der Waals surface area contributed by atoms with E-state index in [9.17, 15) is 4.79 Å². The molecule has 1 unspecified atom stereocenters. The first-order valence-corrected chi connectivity index (χ1v) is 8.53. The standard InChI is InChI=1S/C21H24N2O2/c1-17-9-11-20(12-10-17)25-18(2)21(24)23(15-6-14-22)16-13-19-7-4-3-5-8-19/h3-5,7-12,18H,6,13,15-16H2,1-2H3. The SMILES string of the molecule is Cc1ccc(OC(C)C(=O)N(CCC#N)CCc2ccccc2)cc1. The second-order valence-electron chi connectivity index (χ2n) is 6.04. The normalized spacial score (nSPS) is 11.4. The van der Waals surface area contributed by atoms with Gasteiger partial charge in [0.05, 0.1) is 12.5 Å². The van der Waals surface area contributed by atoms with Gasteiger partial charge >= 0.3 is 0 Å². The van der Waals surface area contributed by atoms with Gasteiger partial charge < -0.3 is 9.64 Å². The van der Waals surface area contributed by atoms with Gasteiger partial charge in [-0.3, -0.25) is 4.79 Å². The Morgan fingerprint density at radius 2 is 1.80 bits per heavy atom. The van der Waals surface area contributed by atoms with Gasteiger partial charge in [0.1, 0.15) is 5.75 Å². The minimum atomic E-state index is -0.586. The van der Waals surface area contributed by atoms with Gasteiger partial charge in [-0.1, -0.05) is 48.0 Å². The number of hydrogen-bond donors (Lipinski definition) is 0. The zero-order valence-electron chi connectivity index (χ0n) is 14.8. The summed E-state index contributed by atoms with van der Waals surface area (Å²) in [5.41, 5.74) is 2.31. The topological polar surface area (TPSA) is 53.3 Å². The van der Waals surface area contributed by atoms with Crippen molar-refractivity contribution in [2.75, 3.05) is 13.1 Å². The Kier molecular flexibility index (Phi) is 7.03. The van der Waals surface area contributed by atoms with Gasteiger partial charge in [-0.05, 0) is 38.0 Å². The van der Waals surface area contributed by atoms with Gasteiger partial charge in [-0.15, -0.1) is 0 Å². The second-order valence-corrected chi connectivity index (χ2v) is 6.04. The molecule has 2 rings (SSSR count). The lowest BCUT2D eigenvalue weighted by Gasteiger charge is -2.25. The molecule has 2 aromatic carbocycles. The molecule has 0 saturated heterocycles. The third-order valence-electron chi connectivity index (χ3n) is 4.00. The summed E-state index contributed by atoms with van der Waals surface area (Å²) in [6.07, 6.45) is 0.490. The molecular weight excluding hydrogens is 312 g/mol. The molecule has 4 nitrogen and oxygen atoms in total. The van der Waals surface area contributed by atoms with Crippen LogP contribution in [0.15, 0.2) is 54.6 Å². The van der Waals surface area contributed by atoms with E-state index >= 15 is 0 Å². The predicted molar refractivity (Wildman–Crippen MR) is 98.2 cm³/mol. The van der Waals surface area contributed by atoms with E-state index < -0.39 is 6.10 Å². The maximum Gasteiger partial charge on any atom is 0.263 e. The molecule has 0 spiro atoms. The van der Waals surface area contributed by atoms with Crippen LogP contribution in [0, 0.1) is 18.3 Å². The average molecular weight is 336 g/mol. The third-order valence-corrected chi connectivity index (χ3v) is 4.00. The zero-order valence-corrected chi connectivity index (χ0v) is 14.8. The Balaban J connectivity index is 1.98.